The molecule has 1 heterocycles. The van der Waals surface area contributed by atoms with Crippen LogP contribution in [0.4, 0.5) is 0 Å². The molecule has 0 aliphatic heterocycles. The van der Waals surface area contributed by atoms with Crippen LogP contribution in [0.5, 0.6) is 5.75 Å². The number of hydrogen-bond donors (Lipinski definition) is 1. The summed E-state index contributed by atoms with van der Waals surface area (Å²) in [5, 5.41) is 12.1. The van der Waals surface area contributed by atoms with Gasteiger partial charge in [-0.25, -0.2) is 9.59 Å². The predicted octanol–water partition coefficient (Wildman–Crippen LogP) is 1.90. The maximum atomic E-state index is 11.7. The number of aryl methyl sites for hydroxylation is 1. The van der Waals surface area contributed by atoms with Crippen molar-refractivity contribution in [2.75, 3.05) is 0 Å². The standard InChI is InChI=1S/C12H9NO5/c1-7-4-2-3-5-9(7)17-12(16)10-8(11(14)15)6-13-18-10/h2-6H,1H3,(H,14,15). The van der Waals surface area contributed by atoms with Gasteiger partial charge in [0, 0.05) is 0 Å². The van der Waals surface area contributed by atoms with Crippen molar-refractivity contribution in [2.24, 2.45) is 0 Å². The molecule has 0 unspecified atom stereocenters. The van der Waals surface area contributed by atoms with Crippen molar-refractivity contribution in [1.82, 2.24) is 5.16 Å². The van der Waals surface area contributed by atoms with Gasteiger partial charge in [-0.2, -0.15) is 0 Å². The highest BCUT2D eigenvalue weighted by atomic mass is 16.6. The zero-order chi connectivity index (χ0) is 13.1. The average molecular weight is 247 g/mol. The molecule has 1 N–H and O–H groups in total. The van der Waals surface area contributed by atoms with Crippen LogP contribution in [0.15, 0.2) is 35.0 Å². The summed E-state index contributed by atoms with van der Waals surface area (Å²) in [6.07, 6.45) is 0.955. The number of carbonyl (C=O) groups excluding carboxylic acids is 1. The van der Waals surface area contributed by atoms with Gasteiger partial charge >= 0.3 is 11.9 Å². The van der Waals surface area contributed by atoms with Crippen LogP contribution in [0.25, 0.3) is 0 Å². The summed E-state index contributed by atoms with van der Waals surface area (Å²) >= 11 is 0. The van der Waals surface area contributed by atoms with Crippen molar-refractivity contribution in [1.29, 1.82) is 0 Å². The number of carbonyl (C=O) groups is 2. The minimum Gasteiger partial charge on any atom is -0.477 e. The number of aromatic carboxylic acids is 1. The van der Waals surface area contributed by atoms with E-state index in [4.69, 9.17) is 9.84 Å². The number of carboxylic acid groups (broad SMARTS) is 1. The molecule has 0 amide bonds. The lowest BCUT2D eigenvalue weighted by Crippen LogP contribution is -2.12. The highest BCUT2D eigenvalue weighted by Gasteiger charge is 2.24. The van der Waals surface area contributed by atoms with Crippen LogP contribution in [0, 0.1) is 6.92 Å². The maximum Gasteiger partial charge on any atom is 0.383 e. The second kappa shape index (κ2) is 4.70. The number of carboxylic acids is 1. The van der Waals surface area contributed by atoms with Gasteiger partial charge in [0.15, 0.2) is 0 Å². The first-order chi connectivity index (χ1) is 8.59. The molecule has 0 saturated carbocycles. The molecule has 0 aliphatic rings. The lowest BCUT2D eigenvalue weighted by atomic mass is 10.2. The smallest absolute Gasteiger partial charge is 0.383 e. The minimum absolute atomic E-state index is 0.325. The van der Waals surface area contributed by atoms with Crippen molar-refractivity contribution >= 4 is 11.9 Å². The van der Waals surface area contributed by atoms with E-state index in [1.54, 1.807) is 31.2 Å². The molecule has 0 saturated heterocycles. The molecule has 6 nitrogen and oxygen atoms in total. The van der Waals surface area contributed by atoms with Crippen molar-refractivity contribution in [3.05, 3.63) is 47.3 Å². The molecule has 2 rings (SSSR count). The third-order valence-corrected chi connectivity index (χ3v) is 2.28. The fourth-order valence-corrected chi connectivity index (χ4v) is 1.36. The Balaban J connectivity index is 2.25. The monoisotopic (exact) mass is 247 g/mol. The van der Waals surface area contributed by atoms with Gasteiger partial charge in [0.25, 0.3) is 5.76 Å². The first-order valence-electron chi connectivity index (χ1n) is 5.05. The van der Waals surface area contributed by atoms with Gasteiger partial charge in [-0.05, 0) is 18.6 Å². The number of benzene rings is 1. The molecule has 0 atom stereocenters. The first kappa shape index (κ1) is 11.8. The van der Waals surface area contributed by atoms with Crippen LogP contribution < -0.4 is 4.74 Å². The van der Waals surface area contributed by atoms with Gasteiger partial charge in [-0.3, -0.25) is 0 Å². The quantitative estimate of drug-likeness (QED) is 0.658. The van der Waals surface area contributed by atoms with E-state index >= 15 is 0 Å². The second-order valence-electron chi connectivity index (χ2n) is 3.53. The minimum atomic E-state index is -1.30. The molecular formula is C12H9NO5. The van der Waals surface area contributed by atoms with E-state index in [0.29, 0.717) is 5.75 Å². The van der Waals surface area contributed by atoms with E-state index in [1.165, 1.54) is 0 Å². The van der Waals surface area contributed by atoms with Crippen LogP contribution in [0.1, 0.15) is 26.5 Å². The van der Waals surface area contributed by atoms with Gasteiger partial charge in [-0.15, -0.1) is 0 Å². The maximum absolute atomic E-state index is 11.7. The Kier molecular flexibility index (Phi) is 3.09. The third-order valence-electron chi connectivity index (χ3n) is 2.28. The highest BCUT2D eigenvalue weighted by molar-refractivity contribution is 6.00. The molecule has 92 valence electrons. The number of ether oxygens (including phenoxy) is 1. The Morgan fingerprint density at radius 1 is 1.33 bits per heavy atom. The summed E-state index contributed by atoms with van der Waals surface area (Å²) in [7, 11) is 0. The Morgan fingerprint density at radius 3 is 2.72 bits per heavy atom. The number of nitrogens with zero attached hydrogens (tertiary/aromatic N) is 1. The van der Waals surface area contributed by atoms with Crippen LogP contribution in [0.2, 0.25) is 0 Å². The summed E-state index contributed by atoms with van der Waals surface area (Å²) < 4.78 is 9.64. The van der Waals surface area contributed by atoms with E-state index in [0.717, 1.165) is 11.8 Å². The molecule has 0 spiro atoms. The average Bonchev–Trinajstić information content (AvgIpc) is 2.81. The molecule has 6 heteroatoms. The van der Waals surface area contributed by atoms with Crippen LogP contribution in [-0.2, 0) is 0 Å². The number of esters is 1. The SMILES string of the molecule is Cc1ccccc1OC(=O)c1oncc1C(=O)O. The van der Waals surface area contributed by atoms with Gasteiger partial charge in [-0.1, -0.05) is 23.4 Å². The number of aromatic nitrogens is 1. The number of rotatable bonds is 3. The van der Waals surface area contributed by atoms with Crippen LogP contribution in [-0.4, -0.2) is 22.2 Å². The van der Waals surface area contributed by atoms with Crippen LogP contribution >= 0.6 is 0 Å². The lowest BCUT2D eigenvalue weighted by molar-refractivity contribution is 0.0643. The first-order valence-corrected chi connectivity index (χ1v) is 5.05. The largest absolute Gasteiger partial charge is 0.477 e. The molecule has 0 aliphatic carbocycles. The fraction of sp³-hybridized carbons (Fsp3) is 0.0833. The molecule has 0 radical (unpaired) electrons. The van der Waals surface area contributed by atoms with E-state index in [-0.39, 0.29) is 5.56 Å². The molecule has 2 aromatic rings. The summed E-state index contributed by atoms with van der Waals surface area (Å²) in [5.74, 6) is -2.27. The van der Waals surface area contributed by atoms with Gasteiger partial charge in [0.1, 0.15) is 11.3 Å². The fourth-order valence-electron chi connectivity index (χ4n) is 1.36. The summed E-state index contributed by atoms with van der Waals surface area (Å²) in [5.41, 5.74) is 0.427. The summed E-state index contributed by atoms with van der Waals surface area (Å²) in [6.45, 7) is 1.76. The number of para-hydroxylation sites is 1. The van der Waals surface area contributed by atoms with E-state index in [9.17, 15) is 9.59 Å². The van der Waals surface area contributed by atoms with Crippen LogP contribution in [0.3, 0.4) is 0 Å². The molecule has 1 aromatic carbocycles. The second-order valence-corrected chi connectivity index (χ2v) is 3.53. The van der Waals surface area contributed by atoms with E-state index in [2.05, 4.69) is 9.68 Å². The Bertz CT molecular complexity index is 602. The molecule has 1 aromatic heterocycles. The van der Waals surface area contributed by atoms with Crippen molar-refractivity contribution in [2.45, 2.75) is 6.92 Å². The van der Waals surface area contributed by atoms with Gasteiger partial charge in [0.05, 0.1) is 6.20 Å². The normalized spacial score (nSPS) is 10.1. The molecule has 0 bridgehead atoms. The van der Waals surface area contributed by atoms with E-state index in [1.807, 2.05) is 0 Å². The zero-order valence-corrected chi connectivity index (χ0v) is 9.41. The van der Waals surface area contributed by atoms with Crippen molar-refractivity contribution < 1.29 is 24.0 Å². The highest BCUT2D eigenvalue weighted by Crippen LogP contribution is 2.19. The molecule has 0 fully saturated rings. The lowest BCUT2D eigenvalue weighted by Gasteiger charge is -2.04. The molecule has 18 heavy (non-hydrogen) atoms. The topological polar surface area (TPSA) is 89.6 Å². The summed E-state index contributed by atoms with van der Waals surface area (Å²) in [6, 6.07) is 6.86. The van der Waals surface area contributed by atoms with Gasteiger partial charge < -0.3 is 14.4 Å². The van der Waals surface area contributed by atoms with Gasteiger partial charge in [0.2, 0.25) is 0 Å². The number of hydrogen-bond acceptors (Lipinski definition) is 5. The Morgan fingerprint density at radius 2 is 2.06 bits per heavy atom. The summed E-state index contributed by atoms with van der Waals surface area (Å²) in [4.78, 5) is 22.5. The Hall–Kier alpha value is -2.63. The van der Waals surface area contributed by atoms with Crippen molar-refractivity contribution in [3.63, 3.8) is 0 Å². The Labute approximate surface area is 102 Å². The molecular weight excluding hydrogens is 238 g/mol. The zero-order valence-electron chi connectivity index (χ0n) is 9.41. The van der Waals surface area contributed by atoms with Crippen molar-refractivity contribution in [3.8, 4) is 5.75 Å². The third kappa shape index (κ3) is 2.22. The van der Waals surface area contributed by atoms with E-state index < -0.39 is 17.7 Å². The predicted molar refractivity (Wildman–Crippen MR) is 59.6 cm³/mol.